The van der Waals surface area contributed by atoms with E-state index in [9.17, 15) is 0 Å². The zero-order valence-corrected chi connectivity index (χ0v) is 15.0. The summed E-state index contributed by atoms with van der Waals surface area (Å²) in [5, 5.41) is 1.09. The van der Waals surface area contributed by atoms with Crippen LogP contribution in [0.4, 0.5) is 0 Å². The second kappa shape index (κ2) is 7.00. The van der Waals surface area contributed by atoms with Crippen LogP contribution in [0.5, 0.6) is 5.75 Å². The highest BCUT2D eigenvalue weighted by atomic mass is 16.5. The Morgan fingerprint density at radius 2 is 2.04 bits per heavy atom. The Morgan fingerprint density at radius 1 is 1.12 bits per heavy atom. The fraction of sp³-hybridized carbons (Fsp3) is 0.250. The molecule has 0 saturated heterocycles. The lowest BCUT2D eigenvalue weighted by atomic mass is 10.2. The maximum Gasteiger partial charge on any atom is 0.158 e. The Kier molecular flexibility index (Phi) is 4.39. The lowest BCUT2D eigenvalue weighted by Crippen LogP contribution is -2.10. The number of hydrogen-bond acceptors (Lipinski definition) is 4. The fourth-order valence-electron chi connectivity index (χ4n) is 3.07. The molecular formula is C20H21N5O. The molecule has 3 heterocycles. The highest BCUT2D eigenvalue weighted by Gasteiger charge is 2.11. The number of fused-ring (bicyclic) bond motifs is 1. The van der Waals surface area contributed by atoms with Crippen LogP contribution in [0, 0.1) is 6.92 Å². The number of imidazole rings is 2. The molecule has 6 heteroatoms. The molecule has 3 aromatic heterocycles. The Balaban J connectivity index is 1.52. The van der Waals surface area contributed by atoms with Crippen LogP contribution >= 0.6 is 0 Å². The topological polar surface area (TPSA) is 57.8 Å². The molecule has 4 aromatic rings. The summed E-state index contributed by atoms with van der Waals surface area (Å²) in [6, 6.07) is 10.1. The smallest absolute Gasteiger partial charge is 0.158 e. The standard InChI is InChI=1S/C20H21N5O/c1-3-24-14-21-13-17(24)20-22-9-10-25(20)11-12-26-18-6-4-5-16-8-7-15(2)23-19(16)18/h4-10,13-14H,3,11-12H2,1-2H3. The van der Waals surface area contributed by atoms with Crippen molar-refractivity contribution in [3.8, 4) is 17.3 Å². The monoisotopic (exact) mass is 347 g/mol. The minimum Gasteiger partial charge on any atom is -0.489 e. The van der Waals surface area contributed by atoms with Gasteiger partial charge in [-0.3, -0.25) is 0 Å². The molecule has 6 nitrogen and oxygen atoms in total. The van der Waals surface area contributed by atoms with Gasteiger partial charge >= 0.3 is 0 Å². The van der Waals surface area contributed by atoms with E-state index < -0.39 is 0 Å². The van der Waals surface area contributed by atoms with Gasteiger partial charge < -0.3 is 13.9 Å². The summed E-state index contributed by atoms with van der Waals surface area (Å²) in [7, 11) is 0. The average Bonchev–Trinajstić information content (AvgIpc) is 3.30. The first-order valence-corrected chi connectivity index (χ1v) is 8.77. The van der Waals surface area contributed by atoms with Crippen molar-refractivity contribution < 1.29 is 4.74 Å². The SMILES string of the molecule is CCn1cncc1-c1nccn1CCOc1cccc2ccc(C)nc12. The molecule has 0 aliphatic carbocycles. The highest BCUT2D eigenvalue weighted by molar-refractivity contribution is 5.84. The van der Waals surface area contributed by atoms with Crippen molar-refractivity contribution in [1.29, 1.82) is 0 Å². The van der Waals surface area contributed by atoms with E-state index in [1.165, 1.54) is 0 Å². The molecule has 0 unspecified atom stereocenters. The Morgan fingerprint density at radius 3 is 2.92 bits per heavy atom. The number of aryl methyl sites for hydroxylation is 2. The van der Waals surface area contributed by atoms with E-state index in [-0.39, 0.29) is 0 Å². The zero-order chi connectivity index (χ0) is 17.9. The summed E-state index contributed by atoms with van der Waals surface area (Å²) in [5.74, 6) is 1.71. The van der Waals surface area contributed by atoms with Crippen molar-refractivity contribution in [2.75, 3.05) is 6.61 Å². The van der Waals surface area contributed by atoms with Gasteiger partial charge in [0.1, 0.15) is 23.6 Å². The summed E-state index contributed by atoms with van der Waals surface area (Å²) >= 11 is 0. The van der Waals surface area contributed by atoms with E-state index in [1.54, 1.807) is 0 Å². The van der Waals surface area contributed by atoms with Crippen LogP contribution in [0.3, 0.4) is 0 Å². The molecule has 0 spiro atoms. The van der Waals surface area contributed by atoms with Crippen molar-refractivity contribution in [3.05, 3.63) is 60.9 Å². The number of aromatic nitrogens is 5. The van der Waals surface area contributed by atoms with Crippen molar-refractivity contribution in [2.24, 2.45) is 0 Å². The number of hydrogen-bond donors (Lipinski definition) is 0. The predicted octanol–water partition coefficient (Wildman–Crippen LogP) is 3.70. The van der Waals surface area contributed by atoms with Crippen LogP contribution in [0.1, 0.15) is 12.6 Å². The van der Waals surface area contributed by atoms with Crippen molar-refractivity contribution in [3.63, 3.8) is 0 Å². The van der Waals surface area contributed by atoms with Gasteiger partial charge in [-0.25, -0.2) is 15.0 Å². The predicted molar refractivity (Wildman–Crippen MR) is 101 cm³/mol. The summed E-state index contributed by atoms with van der Waals surface area (Å²) < 4.78 is 10.2. The van der Waals surface area contributed by atoms with Crippen LogP contribution in [0.2, 0.25) is 0 Å². The molecule has 0 bridgehead atoms. The molecule has 0 saturated carbocycles. The molecule has 1 aromatic carbocycles. The largest absolute Gasteiger partial charge is 0.489 e. The van der Waals surface area contributed by atoms with E-state index in [4.69, 9.17) is 4.74 Å². The third-order valence-electron chi connectivity index (χ3n) is 4.41. The lowest BCUT2D eigenvalue weighted by molar-refractivity contribution is 0.301. The van der Waals surface area contributed by atoms with E-state index in [0.29, 0.717) is 13.2 Å². The minimum atomic E-state index is 0.540. The first-order valence-electron chi connectivity index (χ1n) is 8.77. The number of para-hydroxylation sites is 1. The number of pyridine rings is 1. The molecule has 0 atom stereocenters. The van der Waals surface area contributed by atoms with Crippen LogP contribution in [-0.2, 0) is 13.1 Å². The minimum absolute atomic E-state index is 0.540. The maximum atomic E-state index is 6.04. The average molecular weight is 347 g/mol. The molecule has 0 aliphatic heterocycles. The lowest BCUT2D eigenvalue weighted by Gasteiger charge is -2.12. The third-order valence-corrected chi connectivity index (χ3v) is 4.41. The molecule has 0 N–H and O–H groups in total. The van der Waals surface area contributed by atoms with Crippen LogP contribution < -0.4 is 4.74 Å². The van der Waals surface area contributed by atoms with Gasteiger partial charge in [0.15, 0.2) is 5.82 Å². The van der Waals surface area contributed by atoms with Gasteiger partial charge in [-0.2, -0.15) is 0 Å². The number of nitrogens with zero attached hydrogens (tertiary/aromatic N) is 5. The summed E-state index contributed by atoms with van der Waals surface area (Å²) in [6.45, 7) is 6.19. The summed E-state index contributed by atoms with van der Waals surface area (Å²) in [5.41, 5.74) is 2.90. The molecule has 0 fully saturated rings. The van der Waals surface area contributed by atoms with Gasteiger partial charge in [0.25, 0.3) is 0 Å². The van der Waals surface area contributed by atoms with Crippen LogP contribution in [0.15, 0.2) is 55.2 Å². The maximum absolute atomic E-state index is 6.04. The second-order valence-electron chi connectivity index (χ2n) is 6.14. The van der Waals surface area contributed by atoms with Crippen LogP contribution in [0.25, 0.3) is 22.4 Å². The molecule has 0 amide bonds. The fourth-order valence-corrected chi connectivity index (χ4v) is 3.07. The molecule has 0 aliphatic rings. The van der Waals surface area contributed by atoms with Crippen molar-refractivity contribution in [2.45, 2.75) is 26.9 Å². The van der Waals surface area contributed by atoms with Crippen LogP contribution in [-0.4, -0.2) is 30.7 Å². The van der Waals surface area contributed by atoms with E-state index in [2.05, 4.69) is 43.1 Å². The Labute approximate surface area is 152 Å². The van der Waals surface area contributed by atoms with Gasteiger partial charge in [-0.15, -0.1) is 0 Å². The summed E-state index contributed by atoms with van der Waals surface area (Å²) in [6.07, 6.45) is 7.46. The summed E-state index contributed by atoms with van der Waals surface area (Å²) in [4.78, 5) is 13.3. The van der Waals surface area contributed by atoms with E-state index in [0.717, 1.165) is 40.4 Å². The van der Waals surface area contributed by atoms with Gasteiger partial charge in [0.05, 0.1) is 19.1 Å². The highest BCUT2D eigenvalue weighted by Crippen LogP contribution is 2.24. The van der Waals surface area contributed by atoms with Gasteiger partial charge in [-0.05, 0) is 26.0 Å². The van der Waals surface area contributed by atoms with Gasteiger partial charge in [-0.1, -0.05) is 18.2 Å². The molecule has 26 heavy (non-hydrogen) atoms. The Hall–Kier alpha value is -3.15. The molecular weight excluding hydrogens is 326 g/mol. The van der Waals surface area contributed by atoms with E-state index in [1.807, 2.05) is 50.0 Å². The quantitative estimate of drug-likeness (QED) is 0.534. The molecule has 0 radical (unpaired) electrons. The first-order chi connectivity index (χ1) is 12.8. The molecule has 4 rings (SSSR count). The number of benzene rings is 1. The Bertz CT molecular complexity index is 1030. The van der Waals surface area contributed by atoms with E-state index >= 15 is 0 Å². The number of ether oxygens (including phenoxy) is 1. The normalized spacial score (nSPS) is 11.2. The van der Waals surface area contributed by atoms with Crippen molar-refractivity contribution >= 4 is 10.9 Å². The second-order valence-corrected chi connectivity index (χ2v) is 6.14. The van der Waals surface area contributed by atoms with Gasteiger partial charge in [0, 0.05) is 30.0 Å². The zero-order valence-electron chi connectivity index (χ0n) is 15.0. The first kappa shape index (κ1) is 16.3. The molecule has 132 valence electrons. The van der Waals surface area contributed by atoms with Crippen molar-refractivity contribution in [1.82, 2.24) is 24.1 Å². The van der Waals surface area contributed by atoms with Gasteiger partial charge in [0.2, 0.25) is 0 Å². The number of rotatable bonds is 6. The third kappa shape index (κ3) is 3.06.